The van der Waals surface area contributed by atoms with E-state index in [1.807, 2.05) is 30.8 Å². The van der Waals surface area contributed by atoms with Gasteiger partial charge in [0.05, 0.1) is 35.2 Å². The number of benzene rings is 2. The number of anilines is 1. The number of likely N-dealkylation sites (tertiary alicyclic amines) is 1. The number of nitrogens with zero attached hydrogens (tertiary/aromatic N) is 9. The summed E-state index contributed by atoms with van der Waals surface area (Å²) in [6.45, 7) is 6.80. The Balaban J connectivity index is 1.50. The van der Waals surface area contributed by atoms with Gasteiger partial charge >= 0.3 is 6.18 Å². The van der Waals surface area contributed by atoms with E-state index in [2.05, 4.69) is 32.9 Å². The van der Waals surface area contributed by atoms with Gasteiger partial charge in [-0.05, 0) is 70.3 Å². The van der Waals surface area contributed by atoms with Crippen molar-refractivity contribution < 1.29 is 26.7 Å². The minimum absolute atomic E-state index is 0.0169. The summed E-state index contributed by atoms with van der Waals surface area (Å²) in [6, 6.07) is 6.87. The summed E-state index contributed by atoms with van der Waals surface area (Å²) in [7, 11) is 3.87. The second-order valence-electron chi connectivity index (χ2n) is 13.3. The highest BCUT2D eigenvalue weighted by molar-refractivity contribution is 6.09. The van der Waals surface area contributed by atoms with Crippen LogP contribution in [0.3, 0.4) is 0 Å². The van der Waals surface area contributed by atoms with E-state index in [4.69, 9.17) is 0 Å². The fourth-order valence-electron chi connectivity index (χ4n) is 7.25. The highest BCUT2D eigenvalue weighted by Gasteiger charge is 2.44. The number of likely N-dealkylation sites (N-methyl/N-ethyl adjacent to an activating group) is 1. The second-order valence-corrected chi connectivity index (χ2v) is 13.3. The normalized spacial score (nSPS) is 19.3. The van der Waals surface area contributed by atoms with Crippen molar-refractivity contribution in [1.29, 1.82) is 5.26 Å². The first-order valence-electron chi connectivity index (χ1n) is 16.0. The Morgan fingerprint density at radius 3 is 2.60 bits per heavy atom. The number of halogens is 5. The van der Waals surface area contributed by atoms with E-state index in [9.17, 15) is 14.4 Å². The number of hydrogen-bond acceptors (Lipinski definition) is 8. The Kier molecular flexibility index (Phi) is 7.97. The van der Waals surface area contributed by atoms with E-state index in [0.29, 0.717) is 19.5 Å². The van der Waals surface area contributed by atoms with Crippen LogP contribution in [-0.4, -0.2) is 86.0 Å². The number of nitriles is 1. The summed E-state index contributed by atoms with van der Waals surface area (Å²) in [5.74, 6) is -2.02. The molecule has 5 aromatic rings. The van der Waals surface area contributed by atoms with Crippen molar-refractivity contribution in [3.63, 3.8) is 0 Å². The number of alkyl halides is 3. The first kappa shape index (κ1) is 33.3. The third-order valence-corrected chi connectivity index (χ3v) is 10.2. The largest absolute Gasteiger partial charge is 0.417 e. The summed E-state index contributed by atoms with van der Waals surface area (Å²) in [5.41, 5.74) is -2.67. The first-order chi connectivity index (χ1) is 23.8. The number of rotatable bonds is 6. The van der Waals surface area contributed by atoms with Gasteiger partial charge in [0, 0.05) is 53.8 Å². The molecule has 5 heterocycles. The van der Waals surface area contributed by atoms with Crippen LogP contribution in [-0.2, 0) is 11.0 Å². The maximum Gasteiger partial charge on any atom is 0.417 e. The lowest BCUT2D eigenvalue weighted by atomic mass is 9.90. The van der Waals surface area contributed by atoms with Crippen LogP contribution in [0.5, 0.6) is 0 Å². The monoisotopic (exact) mass is 689 g/mol. The summed E-state index contributed by atoms with van der Waals surface area (Å²) in [6.07, 6.45) is -1.94. The molecule has 0 aliphatic carbocycles. The smallest absolute Gasteiger partial charge is 0.351 e. The molecule has 2 aliphatic heterocycles. The molecule has 258 valence electrons. The van der Waals surface area contributed by atoms with E-state index in [1.54, 1.807) is 4.90 Å². The van der Waals surface area contributed by atoms with Gasteiger partial charge in [0.25, 0.3) is 0 Å². The lowest BCUT2D eigenvalue weighted by molar-refractivity contribution is -0.137. The zero-order valence-electron chi connectivity index (χ0n) is 27.5. The molecule has 3 aromatic heterocycles. The van der Waals surface area contributed by atoms with Crippen molar-refractivity contribution in [2.75, 3.05) is 38.6 Å². The van der Waals surface area contributed by atoms with Gasteiger partial charge in [-0.1, -0.05) is 11.8 Å². The van der Waals surface area contributed by atoms with Crippen molar-refractivity contribution >= 4 is 44.6 Å². The fraction of sp³-hybridized carbons (Fsp3) is 0.371. The Morgan fingerprint density at radius 1 is 1.16 bits per heavy atom. The molecule has 2 aromatic carbocycles. The summed E-state index contributed by atoms with van der Waals surface area (Å²) >= 11 is 0. The van der Waals surface area contributed by atoms with Crippen LogP contribution in [0.15, 0.2) is 49.2 Å². The molecule has 0 N–H and O–H groups in total. The molecule has 2 saturated heterocycles. The van der Waals surface area contributed by atoms with E-state index < -0.39 is 41.0 Å². The van der Waals surface area contributed by atoms with Crippen LogP contribution in [0, 0.1) is 23.0 Å². The first-order valence-corrected chi connectivity index (χ1v) is 16.0. The van der Waals surface area contributed by atoms with Gasteiger partial charge in [0.15, 0.2) is 17.2 Å². The van der Waals surface area contributed by atoms with Gasteiger partial charge in [0.1, 0.15) is 16.9 Å². The minimum atomic E-state index is -5.04. The van der Waals surface area contributed by atoms with Crippen LogP contribution in [0.1, 0.15) is 37.8 Å². The second kappa shape index (κ2) is 12.0. The van der Waals surface area contributed by atoms with Gasteiger partial charge in [0.2, 0.25) is 5.91 Å². The van der Waals surface area contributed by atoms with E-state index in [0.717, 1.165) is 18.2 Å². The van der Waals surface area contributed by atoms with Crippen LogP contribution in [0.2, 0.25) is 0 Å². The van der Waals surface area contributed by atoms with Crippen molar-refractivity contribution in [2.45, 2.75) is 50.0 Å². The number of amides is 1. The Labute approximate surface area is 283 Å². The Morgan fingerprint density at radius 2 is 1.92 bits per heavy atom. The van der Waals surface area contributed by atoms with Gasteiger partial charge < -0.3 is 14.7 Å². The zero-order valence-corrected chi connectivity index (χ0v) is 27.5. The number of fused-ring (bicyclic) bond motifs is 4. The van der Waals surface area contributed by atoms with E-state index >= 15 is 17.6 Å². The Hall–Kier alpha value is -5.23. The SMILES string of the molecule is C=CC(=O)N1CC[C@H](n2nnc3c(N4CC(C)(N(C)C)C4)nc4c(F)c(-c5ccc(F)c6cccnc56)c(C(F)(F)F)cc4c32)C[C@H]1CC#N. The fourth-order valence-corrected chi connectivity index (χ4v) is 7.25. The third-order valence-electron chi connectivity index (χ3n) is 10.2. The van der Waals surface area contributed by atoms with E-state index in [1.165, 1.54) is 29.1 Å². The Bertz CT molecular complexity index is 2240. The number of pyridine rings is 2. The molecule has 0 saturated carbocycles. The molecule has 2 atom stereocenters. The quantitative estimate of drug-likeness (QED) is 0.152. The summed E-state index contributed by atoms with van der Waals surface area (Å²) in [5, 5.41) is 18.1. The highest BCUT2D eigenvalue weighted by Crippen LogP contribution is 2.46. The van der Waals surface area contributed by atoms with Crippen molar-refractivity contribution in [1.82, 2.24) is 34.8 Å². The van der Waals surface area contributed by atoms with Crippen LogP contribution >= 0.6 is 0 Å². The van der Waals surface area contributed by atoms with Crippen molar-refractivity contribution in [3.05, 3.63) is 66.4 Å². The highest BCUT2D eigenvalue weighted by atomic mass is 19.4. The molecule has 0 spiro atoms. The number of aromatic nitrogens is 5. The number of carbonyl (C=O) groups excluding carboxylic acids is 1. The molecule has 2 fully saturated rings. The van der Waals surface area contributed by atoms with E-state index in [-0.39, 0.29) is 75.1 Å². The van der Waals surface area contributed by atoms with Crippen LogP contribution in [0.25, 0.3) is 44.0 Å². The molecule has 2 aliphatic rings. The lowest BCUT2D eigenvalue weighted by Crippen LogP contribution is -2.67. The predicted molar refractivity (Wildman–Crippen MR) is 177 cm³/mol. The molecular formula is C35H32F5N9O. The topological polar surface area (TPSA) is 107 Å². The average Bonchev–Trinajstić information content (AvgIpc) is 3.52. The zero-order chi connectivity index (χ0) is 35.7. The molecular weight excluding hydrogens is 657 g/mol. The van der Waals surface area contributed by atoms with Crippen molar-refractivity contribution in [2.24, 2.45) is 0 Å². The molecule has 1 amide bonds. The molecule has 0 bridgehead atoms. The standard InChI is InChI=1S/C35H32F5N9O/c1-5-26(50)48-14-11-20(15-19(48)10-12-41)49-32-23-16-24(35(38,39)40)27(22-8-9-25(36)21-7-6-13-42-29(21)22)28(37)30(23)43-33(31(32)44-45-49)47-17-34(2,18-47)46(3)4/h5-9,13,16,19-20H,1,10-11,14-15,17-18H2,2-4H3/t19-,20+/m1/s1. The van der Waals surface area contributed by atoms with Crippen LogP contribution < -0.4 is 4.90 Å². The summed E-state index contributed by atoms with van der Waals surface area (Å²) in [4.78, 5) is 26.9. The lowest BCUT2D eigenvalue weighted by Gasteiger charge is -2.52. The maximum atomic E-state index is 17.1. The molecule has 15 heteroatoms. The van der Waals surface area contributed by atoms with Gasteiger partial charge in [-0.2, -0.15) is 18.4 Å². The summed E-state index contributed by atoms with van der Waals surface area (Å²) < 4.78 is 78.4. The molecule has 0 unspecified atom stereocenters. The van der Waals surface area contributed by atoms with Crippen LogP contribution in [0.4, 0.5) is 27.8 Å². The third kappa shape index (κ3) is 5.20. The molecule has 0 radical (unpaired) electrons. The average molecular weight is 690 g/mol. The number of piperidine rings is 1. The molecule has 7 rings (SSSR count). The van der Waals surface area contributed by atoms with Gasteiger partial charge in [-0.25, -0.2) is 18.4 Å². The van der Waals surface area contributed by atoms with Gasteiger partial charge in [-0.15, -0.1) is 5.10 Å². The predicted octanol–water partition coefficient (Wildman–Crippen LogP) is 6.26. The number of hydrogen-bond donors (Lipinski definition) is 0. The molecule has 50 heavy (non-hydrogen) atoms. The van der Waals surface area contributed by atoms with Crippen molar-refractivity contribution in [3.8, 4) is 17.2 Å². The molecule has 10 nitrogen and oxygen atoms in total. The maximum absolute atomic E-state index is 17.1. The van der Waals surface area contributed by atoms with Gasteiger partial charge in [-0.3, -0.25) is 9.78 Å². The minimum Gasteiger partial charge on any atom is -0.351 e. The number of carbonyl (C=O) groups is 1.